The predicted octanol–water partition coefficient (Wildman–Crippen LogP) is 1.83. The molecule has 1 heterocycles. The Bertz CT molecular complexity index is 233. The number of hydrogen-bond acceptors (Lipinski definition) is 4. The summed E-state index contributed by atoms with van der Waals surface area (Å²) in [5, 5.41) is 0. The highest BCUT2D eigenvalue weighted by molar-refractivity contribution is 5.71. The minimum atomic E-state index is -0.106. The Morgan fingerprint density at radius 2 is 2.24 bits per heavy atom. The molecule has 0 N–H and O–H groups in total. The van der Waals surface area contributed by atoms with Gasteiger partial charge >= 0.3 is 5.97 Å². The first kappa shape index (κ1) is 14.5. The lowest BCUT2D eigenvalue weighted by atomic mass is 10.1. The molecule has 0 aromatic heterocycles. The highest BCUT2D eigenvalue weighted by Crippen LogP contribution is 2.14. The standard InChI is InChI=1S/C13H25NO3/c1-4-6-7-16-13(15)9-14-8-11(3)17-10-12(14)5-2/h11-12H,4-10H2,1-3H3. The second-order valence-corrected chi connectivity index (χ2v) is 4.71. The molecular formula is C13H25NO3. The smallest absolute Gasteiger partial charge is 0.320 e. The number of ether oxygens (including phenoxy) is 2. The summed E-state index contributed by atoms with van der Waals surface area (Å²) in [6, 6.07) is 0.352. The molecule has 2 unspecified atom stereocenters. The van der Waals surface area contributed by atoms with Gasteiger partial charge in [0.2, 0.25) is 0 Å². The van der Waals surface area contributed by atoms with Gasteiger partial charge in [0.05, 0.1) is 25.9 Å². The number of morpholine rings is 1. The second-order valence-electron chi connectivity index (χ2n) is 4.71. The van der Waals surface area contributed by atoms with E-state index in [1.54, 1.807) is 0 Å². The van der Waals surface area contributed by atoms with Gasteiger partial charge in [-0.2, -0.15) is 0 Å². The summed E-state index contributed by atoms with van der Waals surface area (Å²) in [4.78, 5) is 13.8. The van der Waals surface area contributed by atoms with Crippen LogP contribution in [0.4, 0.5) is 0 Å². The fraction of sp³-hybridized carbons (Fsp3) is 0.923. The Labute approximate surface area is 104 Å². The van der Waals surface area contributed by atoms with Crippen LogP contribution in [0.2, 0.25) is 0 Å². The van der Waals surface area contributed by atoms with Gasteiger partial charge in [-0.05, 0) is 19.8 Å². The average Bonchev–Trinajstić information content (AvgIpc) is 2.29. The predicted molar refractivity (Wildman–Crippen MR) is 66.9 cm³/mol. The SMILES string of the molecule is CCCCOC(=O)CN1CC(C)OCC1CC. The molecule has 2 atom stereocenters. The van der Waals surface area contributed by atoms with Gasteiger partial charge in [0.1, 0.15) is 0 Å². The van der Waals surface area contributed by atoms with Gasteiger partial charge in [-0.3, -0.25) is 9.69 Å². The lowest BCUT2D eigenvalue weighted by molar-refractivity contribution is -0.148. The lowest BCUT2D eigenvalue weighted by Crippen LogP contribution is -2.50. The number of hydrogen-bond donors (Lipinski definition) is 0. The molecule has 4 heteroatoms. The van der Waals surface area contributed by atoms with Crippen molar-refractivity contribution in [2.75, 3.05) is 26.3 Å². The van der Waals surface area contributed by atoms with E-state index in [1.807, 2.05) is 6.92 Å². The third-order valence-electron chi connectivity index (χ3n) is 3.15. The number of nitrogens with zero attached hydrogens (tertiary/aromatic N) is 1. The minimum Gasteiger partial charge on any atom is -0.465 e. The highest BCUT2D eigenvalue weighted by Gasteiger charge is 2.27. The summed E-state index contributed by atoms with van der Waals surface area (Å²) in [5.74, 6) is -0.106. The first-order valence-electron chi connectivity index (χ1n) is 6.68. The summed E-state index contributed by atoms with van der Waals surface area (Å²) in [6.07, 6.45) is 3.22. The molecule has 0 amide bonds. The molecule has 1 saturated heterocycles. The van der Waals surface area contributed by atoms with Crippen LogP contribution in [-0.4, -0.2) is 49.3 Å². The van der Waals surface area contributed by atoms with Crippen LogP contribution >= 0.6 is 0 Å². The first-order valence-corrected chi connectivity index (χ1v) is 6.68. The molecule has 0 saturated carbocycles. The fourth-order valence-corrected chi connectivity index (χ4v) is 2.02. The van der Waals surface area contributed by atoms with Gasteiger partial charge in [-0.25, -0.2) is 0 Å². The molecule has 1 fully saturated rings. The van der Waals surface area contributed by atoms with Crippen molar-refractivity contribution in [3.05, 3.63) is 0 Å². The summed E-state index contributed by atoms with van der Waals surface area (Å²) < 4.78 is 10.8. The average molecular weight is 243 g/mol. The van der Waals surface area contributed by atoms with Crippen LogP contribution in [0.3, 0.4) is 0 Å². The molecule has 0 aromatic carbocycles. The maximum Gasteiger partial charge on any atom is 0.320 e. The summed E-state index contributed by atoms with van der Waals surface area (Å²) in [5.41, 5.74) is 0. The van der Waals surface area contributed by atoms with Crippen LogP contribution in [0.15, 0.2) is 0 Å². The van der Waals surface area contributed by atoms with E-state index in [4.69, 9.17) is 9.47 Å². The third-order valence-corrected chi connectivity index (χ3v) is 3.15. The monoisotopic (exact) mass is 243 g/mol. The molecule has 17 heavy (non-hydrogen) atoms. The summed E-state index contributed by atoms with van der Waals surface area (Å²) >= 11 is 0. The molecule has 4 nitrogen and oxygen atoms in total. The van der Waals surface area contributed by atoms with E-state index in [1.165, 1.54) is 0 Å². The van der Waals surface area contributed by atoms with Gasteiger partial charge in [-0.15, -0.1) is 0 Å². The Morgan fingerprint density at radius 1 is 1.47 bits per heavy atom. The fourth-order valence-electron chi connectivity index (χ4n) is 2.02. The lowest BCUT2D eigenvalue weighted by Gasteiger charge is -2.37. The van der Waals surface area contributed by atoms with E-state index >= 15 is 0 Å². The van der Waals surface area contributed by atoms with Gasteiger partial charge < -0.3 is 9.47 Å². The topological polar surface area (TPSA) is 38.8 Å². The van der Waals surface area contributed by atoms with Crippen molar-refractivity contribution in [3.8, 4) is 0 Å². The Hall–Kier alpha value is -0.610. The van der Waals surface area contributed by atoms with Crippen molar-refractivity contribution in [2.45, 2.75) is 52.2 Å². The number of rotatable bonds is 6. The van der Waals surface area contributed by atoms with Crippen molar-refractivity contribution in [1.29, 1.82) is 0 Å². The van der Waals surface area contributed by atoms with Crippen LogP contribution in [0, 0.1) is 0 Å². The third kappa shape index (κ3) is 5.04. The number of carbonyl (C=O) groups excluding carboxylic acids is 1. The molecule has 0 aliphatic carbocycles. The van der Waals surface area contributed by atoms with Crippen LogP contribution in [0.1, 0.15) is 40.0 Å². The normalized spacial score (nSPS) is 25.8. The van der Waals surface area contributed by atoms with Gasteiger partial charge in [0.15, 0.2) is 0 Å². The largest absolute Gasteiger partial charge is 0.465 e. The minimum absolute atomic E-state index is 0.106. The number of esters is 1. The molecule has 100 valence electrons. The van der Waals surface area contributed by atoms with Gasteiger partial charge in [0.25, 0.3) is 0 Å². The maximum absolute atomic E-state index is 11.6. The molecule has 1 aliphatic rings. The Balaban J connectivity index is 2.33. The maximum atomic E-state index is 11.6. The van der Waals surface area contributed by atoms with E-state index < -0.39 is 0 Å². The van der Waals surface area contributed by atoms with E-state index in [0.29, 0.717) is 19.2 Å². The van der Waals surface area contributed by atoms with Gasteiger partial charge in [-0.1, -0.05) is 20.3 Å². The number of unbranched alkanes of at least 4 members (excludes halogenated alkanes) is 1. The summed E-state index contributed by atoms with van der Waals surface area (Å²) in [6.45, 7) is 8.74. The van der Waals surface area contributed by atoms with Crippen molar-refractivity contribution in [1.82, 2.24) is 4.90 Å². The van der Waals surface area contributed by atoms with E-state index in [0.717, 1.165) is 32.4 Å². The van der Waals surface area contributed by atoms with E-state index in [9.17, 15) is 4.79 Å². The van der Waals surface area contributed by atoms with E-state index in [-0.39, 0.29) is 12.1 Å². The van der Waals surface area contributed by atoms with Crippen LogP contribution in [0.5, 0.6) is 0 Å². The quantitative estimate of drug-likeness (QED) is 0.527. The Morgan fingerprint density at radius 3 is 2.88 bits per heavy atom. The van der Waals surface area contributed by atoms with E-state index in [2.05, 4.69) is 18.7 Å². The van der Waals surface area contributed by atoms with Crippen molar-refractivity contribution in [2.24, 2.45) is 0 Å². The first-order chi connectivity index (χ1) is 8.17. The zero-order chi connectivity index (χ0) is 12.7. The summed E-state index contributed by atoms with van der Waals surface area (Å²) in [7, 11) is 0. The highest BCUT2D eigenvalue weighted by atomic mass is 16.5. The molecule has 0 bridgehead atoms. The van der Waals surface area contributed by atoms with Crippen LogP contribution in [0.25, 0.3) is 0 Å². The molecular weight excluding hydrogens is 218 g/mol. The Kier molecular flexibility index (Phi) is 6.52. The molecule has 0 radical (unpaired) electrons. The number of carbonyl (C=O) groups is 1. The molecule has 0 aromatic rings. The van der Waals surface area contributed by atoms with Gasteiger partial charge in [0, 0.05) is 12.6 Å². The van der Waals surface area contributed by atoms with Crippen LogP contribution in [-0.2, 0) is 14.3 Å². The molecule has 1 aliphatic heterocycles. The zero-order valence-electron chi connectivity index (χ0n) is 11.3. The molecule has 1 rings (SSSR count). The van der Waals surface area contributed by atoms with Crippen molar-refractivity contribution in [3.63, 3.8) is 0 Å². The second kappa shape index (κ2) is 7.67. The van der Waals surface area contributed by atoms with Crippen LogP contribution < -0.4 is 0 Å². The zero-order valence-corrected chi connectivity index (χ0v) is 11.3. The van der Waals surface area contributed by atoms with Crippen molar-refractivity contribution >= 4 is 5.97 Å². The van der Waals surface area contributed by atoms with Crippen molar-refractivity contribution < 1.29 is 14.3 Å². The molecule has 0 spiro atoms.